The molecular weight excluding hydrogens is 733 g/mol. The molecule has 3 fully saturated rings. The average molecular weight is 766 g/mol. The van der Waals surface area contributed by atoms with Gasteiger partial charge in [-0.25, -0.2) is 9.97 Å². The molecule has 3 aromatic rings. The van der Waals surface area contributed by atoms with E-state index in [2.05, 4.69) is 15.3 Å². The molecule has 3 saturated heterocycles. The van der Waals surface area contributed by atoms with Crippen molar-refractivity contribution in [3.63, 3.8) is 0 Å². The Kier molecular flexibility index (Phi) is 12.0. The Bertz CT molecular complexity index is 1710. The first kappa shape index (κ1) is 38.1. The highest BCUT2D eigenvalue weighted by molar-refractivity contribution is 6.33. The fraction of sp³-hybridized carbons (Fsp3) is 0.452. The van der Waals surface area contributed by atoms with Crippen molar-refractivity contribution >= 4 is 52.1 Å². The number of nitrogens with zero attached hydrogens (tertiary/aromatic N) is 7. The molecule has 20 heteroatoms. The molecule has 1 N–H and O–H groups in total. The Morgan fingerprint density at radius 2 is 1.27 bits per heavy atom. The number of nitrogens with one attached hydrogen (secondary N) is 1. The van der Waals surface area contributed by atoms with Crippen LogP contribution in [0.3, 0.4) is 0 Å². The van der Waals surface area contributed by atoms with Gasteiger partial charge in [0.25, 0.3) is 11.6 Å². The minimum Gasteiger partial charge on any atom is -0.378 e. The number of amides is 1. The molecule has 0 aliphatic carbocycles. The van der Waals surface area contributed by atoms with Gasteiger partial charge in [0, 0.05) is 90.0 Å². The number of nitro benzene ring substituents is 1. The molecule has 0 spiro atoms. The number of alkyl halides is 6. The predicted molar refractivity (Wildman–Crippen MR) is 178 cm³/mol. The zero-order valence-corrected chi connectivity index (χ0v) is 28.3. The topological polar surface area (TPSA) is 120 Å². The molecule has 6 rings (SSSR count). The summed E-state index contributed by atoms with van der Waals surface area (Å²) in [5, 5.41) is 14.4. The maximum atomic E-state index is 13.4. The van der Waals surface area contributed by atoms with Gasteiger partial charge in [-0.2, -0.15) is 26.3 Å². The second-order valence-corrected chi connectivity index (χ2v) is 12.4. The largest absolute Gasteiger partial charge is 0.417 e. The van der Waals surface area contributed by atoms with Crippen LogP contribution in [-0.2, 0) is 17.1 Å². The molecule has 0 unspecified atom stereocenters. The highest BCUT2D eigenvalue weighted by Gasteiger charge is 2.34. The molecule has 12 nitrogen and oxygen atoms in total. The third-order valence-corrected chi connectivity index (χ3v) is 8.91. The van der Waals surface area contributed by atoms with E-state index in [1.165, 1.54) is 12.1 Å². The number of piperazine rings is 2. The molecule has 5 heterocycles. The van der Waals surface area contributed by atoms with Crippen LogP contribution in [0.15, 0.2) is 42.7 Å². The number of ether oxygens (including phenoxy) is 1. The standard InChI is InChI=1S/C21H21ClF3N5O4.C10H11ClF3N3/c22-17-11-14(21(23,24)25)13-26-19(17)28-3-5-29(6-4-28)20(31)16-12-15(30(32)33)1-2-18(16)27-7-9-34-10-8-27;11-8-5-7(10(12,13)14)6-16-9(8)17-3-1-15-2-4-17/h1-2,11-13H,3-10H2;5-6,15H,1-4H2. The van der Waals surface area contributed by atoms with Crippen molar-refractivity contribution in [2.24, 2.45) is 0 Å². The van der Waals surface area contributed by atoms with Gasteiger partial charge >= 0.3 is 12.4 Å². The van der Waals surface area contributed by atoms with E-state index in [9.17, 15) is 41.3 Å². The number of hydrogen-bond donors (Lipinski definition) is 1. The molecule has 0 saturated carbocycles. The molecular formula is C31H32Cl2F6N8O4. The van der Waals surface area contributed by atoms with Gasteiger partial charge in [0.05, 0.1) is 50.6 Å². The normalized spacial score (nSPS) is 17.2. The summed E-state index contributed by atoms with van der Waals surface area (Å²) < 4.78 is 81.3. The van der Waals surface area contributed by atoms with E-state index in [-0.39, 0.29) is 46.1 Å². The summed E-state index contributed by atoms with van der Waals surface area (Å²) in [5.41, 5.74) is -1.10. The first-order valence-corrected chi connectivity index (χ1v) is 16.5. The van der Waals surface area contributed by atoms with Crippen LogP contribution in [-0.4, -0.2) is 104 Å². The van der Waals surface area contributed by atoms with Crippen molar-refractivity contribution in [1.29, 1.82) is 0 Å². The van der Waals surface area contributed by atoms with E-state index in [4.69, 9.17) is 27.9 Å². The number of pyridine rings is 2. The zero-order valence-electron chi connectivity index (χ0n) is 26.8. The lowest BCUT2D eigenvalue weighted by atomic mass is 10.1. The number of halogens is 8. The Morgan fingerprint density at radius 3 is 1.75 bits per heavy atom. The van der Waals surface area contributed by atoms with Crippen molar-refractivity contribution in [2.75, 3.05) is 93.4 Å². The first-order chi connectivity index (χ1) is 24.1. The van der Waals surface area contributed by atoms with E-state index >= 15 is 0 Å². The van der Waals surface area contributed by atoms with Crippen LogP contribution in [0.25, 0.3) is 0 Å². The van der Waals surface area contributed by atoms with Crippen LogP contribution in [0.1, 0.15) is 21.5 Å². The number of hydrogen-bond acceptors (Lipinski definition) is 10. The molecule has 0 radical (unpaired) electrons. The first-order valence-electron chi connectivity index (χ1n) is 15.7. The second-order valence-electron chi connectivity index (χ2n) is 11.6. The van der Waals surface area contributed by atoms with Crippen LogP contribution < -0.4 is 20.0 Å². The van der Waals surface area contributed by atoms with E-state index in [1.807, 2.05) is 9.80 Å². The maximum absolute atomic E-state index is 13.4. The SMILES string of the molecule is FC(F)(F)c1cnc(N2CCNCC2)c(Cl)c1.O=C(c1cc([N+](=O)[O-])ccc1N1CCOCC1)N1CCN(c2ncc(C(F)(F)F)cc2Cl)CC1. The van der Waals surface area contributed by atoms with Gasteiger partial charge in [-0.15, -0.1) is 0 Å². The maximum Gasteiger partial charge on any atom is 0.417 e. The number of carbonyl (C=O) groups is 1. The number of anilines is 3. The minimum atomic E-state index is -4.54. The fourth-order valence-corrected chi connectivity index (χ4v) is 6.27. The highest BCUT2D eigenvalue weighted by Crippen LogP contribution is 2.35. The van der Waals surface area contributed by atoms with E-state index < -0.39 is 28.4 Å². The third kappa shape index (κ3) is 9.41. The molecule has 276 valence electrons. The molecule has 1 aromatic carbocycles. The smallest absolute Gasteiger partial charge is 0.378 e. The molecule has 2 aromatic heterocycles. The van der Waals surface area contributed by atoms with Gasteiger partial charge in [0.1, 0.15) is 11.6 Å². The number of carbonyl (C=O) groups excluding carboxylic acids is 1. The summed E-state index contributed by atoms with van der Waals surface area (Å²) in [6, 6.07) is 6.00. The Balaban J connectivity index is 0.000000248. The van der Waals surface area contributed by atoms with Crippen molar-refractivity contribution in [3.05, 3.63) is 79.6 Å². The van der Waals surface area contributed by atoms with Crippen LogP contribution in [0.4, 0.5) is 49.4 Å². The summed E-state index contributed by atoms with van der Waals surface area (Å²) >= 11 is 11.9. The lowest BCUT2D eigenvalue weighted by Crippen LogP contribution is -2.49. The van der Waals surface area contributed by atoms with Gasteiger partial charge in [0.15, 0.2) is 0 Å². The Morgan fingerprint density at radius 1 is 0.765 bits per heavy atom. The number of rotatable bonds is 5. The van der Waals surface area contributed by atoms with Gasteiger partial charge < -0.3 is 29.7 Å². The number of morpholine rings is 1. The lowest BCUT2D eigenvalue weighted by Gasteiger charge is -2.37. The van der Waals surface area contributed by atoms with Crippen molar-refractivity contribution < 1.29 is 40.8 Å². The Labute approximate surface area is 298 Å². The van der Waals surface area contributed by atoms with Crippen molar-refractivity contribution in [2.45, 2.75) is 12.4 Å². The van der Waals surface area contributed by atoms with Gasteiger partial charge in [-0.3, -0.25) is 14.9 Å². The zero-order chi connectivity index (χ0) is 36.9. The molecule has 1 amide bonds. The minimum absolute atomic E-state index is 0.0433. The van der Waals surface area contributed by atoms with E-state index in [1.54, 1.807) is 15.9 Å². The summed E-state index contributed by atoms with van der Waals surface area (Å²) in [4.78, 5) is 38.9. The monoisotopic (exact) mass is 764 g/mol. The lowest BCUT2D eigenvalue weighted by molar-refractivity contribution is -0.384. The molecule has 0 bridgehead atoms. The number of aromatic nitrogens is 2. The number of nitro groups is 1. The second kappa shape index (κ2) is 16.0. The molecule has 0 atom stereocenters. The average Bonchev–Trinajstić information content (AvgIpc) is 3.11. The fourth-order valence-electron chi connectivity index (χ4n) is 5.69. The summed E-state index contributed by atoms with van der Waals surface area (Å²) in [7, 11) is 0. The van der Waals surface area contributed by atoms with Crippen LogP contribution >= 0.6 is 23.2 Å². The van der Waals surface area contributed by atoms with Crippen LogP contribution in [0.5, 0.6) is 0 Å². The van der Waals surface area contributed by atoms with Crippen molar-refractivity contribution in [1.82, 2.24) is 20.2 Å². The van der Waals surface area contributed by atoms with Gasteiger partial charge in [0.2, 0.25) is 0 Å². The quantitative estimate of drug-likeness (QED) is 0.199. The number of benzene rings is 1. The summed E-state index contributed by atoms with van der Waals surface area (Å²) in [6.07, 6.45) is -7.39. The number of non-ortho nitro benzene ring substituents is 1. The summed E-state index contributed by atoms with van der Waals surface area (Å²) in [5.74, 6) is 0.281. The van der Waals surface area contributed by atoms with Gasteiger partial charge in [-0.05, 0) is 18.2 Å². The predicted octanol–water partition coefficient (Wildman–Crippen LogP) is 5.62. The van der Waals surface area contributed by atoms with Gasteiger partial charge in [-0.1, -0.05) is 23.2 Å². The van der Waals surface area contributed by atoms with Crippen LogP contribution in [0.2, 0.25) is 10.0 Å². The Hall–Kier alpha value is -4.13. The summed E-state index contributed by atoms with van der Waals surface area (Å²) in [6.45, 7) is 6.14. The van der Waals surface area contributed by atoms with Crippen molar-refractivity contribution in [3.8, 4) is 0 Å². The van der Waals surface area contributed by atoms with E-state index in [0.29, 0.717) is 64.0 Å². The van der Waals surface area contributed by atoms with Crippen LogP contribution in [0, 0.1) is 10.1 Å². The molecule has 3 aliphatic heterocycles. The third-order valence-electron chi connectivity index (χ3n) is 8.35. The molecule has 51 heavy (non-hydrogen) atoms. The molecule has 3 aliphatic rings. The highest BCUT2D eigenvalue weighted by atomic mass is 35.5. The van der Waals surface area contributed by atoms with E-state index in [0.717, 1.165) is 37.6 Å².